The Morgan fingerprint density at radius 2 is 2.00 bits per heavy atom. The van der Waals surface area contributed by atoms with Gasteiger partial charge < -0.3 is 19.5 Å². The first kappa shape index (κ1) is 16.0. The van der Waals surface area contributed by atoms with Crippen LogP contribution < -0.4 is 4.74 Å². The maximum Gasteiger partial charge on any atom is 0.335 e. The standard InChI is InChI=1S/C18H18N2O4/c1-12(21)10-20-16-8-7-13(18(22)23)9-15(16)19-17(20)11-24-14-5-3-2-4-6-14/h2-9,12,21H,10-11H2,1H3,(H,22,23). The van der Waals surface area contributed by atoms with E-state index in [0.717, 1.165) is 11.3 Å². The molecule has 0 fully saturated rings. The van der Waals surface area contributed by atoms with Gasteiger partial charge in [0.1, 0.15) is 18.2 Å². The first-order valence-electron chi connectivity index (χ1n) is 7.63. The summed E-state index contributed by atoms with van der Waals surface area (Å²) in [5.41, 5.74) is 1.52. The van der Waals surface area contributed by atoms with E-state index in [1.807, 2.05) is 34.9 Å². The quantitative estimate of drug-likeness (QED) is 0.727. The third kappa shape index (κ3) is 3.38. The second-order valence-corrected chi connectivity index (χ2v) is 5.60. The lowest BCUT2D eigenvalue weighted by molar-refractivity contribution is 0.0697. The maximum atomic E-state index is 11.1. The van der Waals surface area contributed by atoms with Crippen LogP contribution in [0.1, 0.15) is 23.1 Å². The Morgan fingerprint density at radius 1 is 1.25 bits per heavy atom. The van der Waals surface area contributed by atoms with E-state index in [-0.39, 0.29) is 12.2 Å². The molecule has 1 heterocycles. The van der Waals surface area contributed by atoms with Gasteiger partial charge in [-0.1, -0.05) is 18.2 Å². The Labute approximate surface area is 138 Å². The van der Waals surface area contributed by atoms with Crippen LogP contribution in [0.15, 0.2) is 48.5 Å². The van der Waals surface area contributed by atoms with Crippen LogP contribution in [0.2, 0.25) is 0 Å². The van der Waals surface area contributed by atoms with Crippen molar-refractivity contribution in [2.45, 2.75) is 26.2 Å². The van der Waals surface area contributed by atoms with E-state index in [4.69, 9.17) is 9.84 Å². The van der Waals surface area contributed by atoms with Crippen molar-refractivity contribution in [1.82, 2.24) is 9.55 Å². The number of hydrogen-bond acceptors (Lipinski definition) is 4. The lowest BCUT2D eigenvalue weighted by Gasteiger charge is -2.12. The summed E-state index contributed by atoms with van der Waals surface area (Å²) in [5.74, 6) is 0.362. The van der Waals surface area contributed by atoms with Gasteiger partial charge in [-0.15, -0.1) is 0 Å². The Hall–Kier alpha value is -2.86. The summed E-state index contributed by atoms with van der Waals surface area (Å²) in [4.78, 5) is 15.6. The van der Waals surface area contributed by atoms with Crippen LogP contribution in [0.3, 0.4) is 0 Å². The number of aromatic carboxylic acids is 1. The molecule has 0 aliphatic heterocycles. The molecule has 6 heteroatoms. The molecular formula is C18H18N2O4. The van der Waals surface area contributed by atoms with Crippen molar-refractivity contribution in [2.75, 3.05) is 0 Å². The number of benzene rings is 2. The number of aromatic nitrogens is 2. The van der Waals surface area contributed by atoms with E-state index in [1.165, 1.54) is 12.1 Å². The average Bonchev–Trinajstić information content (AvgIpc) is 2.90. The lowest BCUT2D eigenvalue weighted by atomic mass is 10.2. The third-order valence-corrected chi connectivity index (χ3v) is 3.63. The summed E-state index contributed by atoms with van der Waals surface area (Å²) < 4.78 is 7.60. The Kier molecular flexibility index (Phi) is 4.48. The molecule has 0 spiro atoms. The summed E-state index contributed by atoms with van der Waals surface area (Å²) in [6, 6.07) is 14.1. The van der Waals surface area contributed by atoms with Crippen LogP contribution in [0.4, 0.5) is 0 Å². The summed E-state index contributed by atoms with van der Waals surface area (Å²) >= 11 is 0. The van der Waals surface area contributed by atoms with Gasteiger partial charge in [0.25, 0.3) is 0 Å². The minimum absolute atomic E-state index is 0.180. The highest BCUT2D eigenvalue weighted by atomic mass is 16.5. The number of aliphatic hydroxyl groups excluding tert-OH is 1. The van der Waals surface area contributed by atoms with Crippen molar-refractivity contribution < 1.29 is 19.7 Å². The number of hydrogen-bond donors (Lipinski definition) is 2. The summed E-state index contributed by atoms with van der Waals surface area (Å²) in [7, 11) is 0. The topological polar surface area (TPSA) is 84.6 Å². The van der Waals surface area contributed by atoms with Crippen LogP contribution in [-0.2, 0) is 13.2 Å². The number of fused-ring (bicyclic) bond motifs is 1. The molecule has 24 heavy (non-hydrogen) atoms. The van der Waals surface area contributed by atoms with Gasteiger partial charge in [0, 0.05) is 0 Å². The first-order chi connectivity index (χ1) is 11.5. The van der Waals surface area contributed by atoms with Crippen molar-refractivity contribution in [3.8, 4) is 5.75 Å². The molecule has 0 saturated carbocycles. The van der Waals surface area contributed by atoms with Crippen molar-refractivity contribution in [1.29, 1.82) is 0 Å². The fourth-order valence-electron chi connectivity index (χ4n) is 2.56. The fourth-order valence-corrected chi connectivity index (χ4v) is 2.56. The van der Waals surface area contributed by atoms with Gasteiger partial charge >= 0.3 is 5.97 Å². The minimum Gasteiger partial charge on any atom is -0.486 e. The molecule has 1 aromatic heterocycles. The molecular weight excluding hydrogens is 308 g/mol. The van der Waals surface area contributed by atoms with Gasteiger partial charge in [-0.05, 0) is 37.3 Å². The van der Waals surface area contributed by atoms with Crippen molar-refractivity contribution in [3.05, 3.63) is 59.9 Å². The van der Waals surface area contributed by atoms with E-state index >= 15 is 0 Å². The summed E-state index contributed by atoms with van der Waals surface area (Å²) in [5, 5.41) is 18.9. The van der Waals surface area contributed by atoms with Crippen LogP contribution >= 0.6 is 0 Å². The normalized spacial score (nSPS) is 12.2. The molecule has 0 bridgehead atoms. The van der Waals surface area contributed by atoms with Gasteiger partial charge in [0.15, 0.2) is 0 Å². The van der Waals surface area contributed by atoms with Gasteiger partial charge in [-0.25, -0.2) is 9.78 Å². The predicted molar refractivity (Wildman–Crippen MR) is 89.1 cm³/mol. The van der Waals surface area contributed by atoms with Gasteiger partial charge in [-0.3, -0.25) is 0 Å². The molecule has 0 amide bonds. The molecule has 1 unspecified atom stereocenters. The van der Waals surface area contributed by atoms with E-state index < -0.39 is 12.1 Å². The number of imidazole rings is 1. The zero-order valence-corrected chi connectivity index (χ0v) is 13.2. The highest BCUT2D eigenvalue weighted by Gasteiger charge is 2.15. The molecule has 6 nitrogen and oxygen atoms in total. The van der Waals surface area contributed by atoms with E-state index in [2.05, 4.69) is 4.98 Å². The number of nitrogens with zero attached hydrogens (tertiary/aromatic N) is 2. The molecule has 0 saturated heterocycles. The van der Waals surface area contributed by atoms with Crippen molar-refractivity contribution in [2.24, 2.45) is 0 Å². The zero-order chi connectivity index (χ0) is 17.1. The molecule has 0 radical (unpaired) electrons. The number of carboxylic acid groups (broad SMARTS) is 1. The number of rotatable bonds is 6. The summed E-state index contributed by atoms with van der Waals surface area (Å²) in [6.45, 7) is 2.28. The average molecular weight is 326 g/mol. The monoisotopic (exact) mass is 326 g/mol. The highest BCUT2D eigenvalue weighted by molar-refractivity contribution is 5.92. The molecule has 3 rings (SSSR count). The van der Waals surface area contributed by atoms with Crippen molar-refractivity contribution >= 4 is 17.0 Å². The van der Waals surface area contributed by atoms with E-state index in [1.54, 1.807) is 13.0 Å². The number of aliphatic hydroxyl groups is 1. The number of para-hydroxylation sites is 1. The fraction of sp³-hybridized carbons (Fsp3) is 0.222. The second kappa shape index (κ2) is 6.72. The second-order valence-electron chi connectivity index (χ2n) is 5.60. The smallest absolute Gasteiger partial charge is 0.335 e. The summed E-state index contributed by atoms with van der Waals surface area (Å²) in [6.07, 6.45) is -0.558. The molecule has 124 valence electrons. The van der Waals surface area contributed by atoms with E-state index in [9.17, 15) is 9.90 Å². The lowest BCUT2D eigenvalue weighted by Crippen LogP contribution is -2.15. The molecule has 0 aliphatic rings. The zero-order valence-electron chi connectivity index (χ0n) is 13.2. The van der Waals surface area contributed by atoms with E-state index in [0.29, 0.717) is 17.9 Å². The number of carboxylic acids is 1. The SMILES string of the molecule is CC(O)Cn1c(COc2ccccc2)nc2cc(C(=O)O)ccc21. The molecule has 2 aromatic carbocycles. The van der Waals surface area contributed by atoms with Gasteiger partial charge in [-0.2, -0.15) is 0 Å². The Bertz CT molecular complexity index is 856. The molecule has 0 aliphatic carbocycles. The van der Waals surface area contributed by atoms with Crippen molar-refractivity contribution in [3.63, 3.8) is 0 Å². The van der Waals surface area contributed by atoms with Gasteiger partial charge in [0.2, 0.25) is 0 Å². The number of ether oxygens (including phenoxy) is 1. The molecule has 1 atom stereocenters. The van der Waals surface area contributed by atoms with Crippen LogP contribution in [0, 0.1) is 0 Å². The van der Waals surface area contributed by atoms with Crippen LogP contribution in [-0.4, -0.2) is 31.8 Å². The molecule has 2 N–H and O–H groups in total. The predicted octanol–water partition coefficient (Wildman–Crippen LogP) is 2.69. The Morgan fingerprint density at radius 3 is 2.67 bits per heavy atom. The Balaban J connectivity index is 1.96. The minimum atomic E-state index is -0.996. The maximum absolute atomic E-state index is 11.1. The molecule has 3 aromatic rings. The number of carbonyl (C=O) groups is 1. The van der Waals surface area contributed by atoms with Crippen LogP contribution in [0.25, 0.3) is 11.0 Å². The highest BCUT2D eigenvalue weighted by Crippen LogP contribution is 2.20. The first-order valence-corrected chi connectivity index (χ1v) is 7.63. The largest absolute Gasteiger partial charge is 0.486 e. The third-order valence-electron chi connectivity index (χ3n) is 3.63. The van der Waals surface area contributed by atoms with Crippen LogP contribution in [0.5, 0.6) is 5.75 Å². The van der Waals surface area contributed by atoms with Gasteiger partial charge in [0.05, 0.1) is 29.2 Å².